The zero-order chi connectivity index (χ0) is 13.3. The second-order valence-corrected chi connectivity index (χ2v) is 4.40. The number of hydrogen-bond acceptors (Lipinski definition) is 2. The second-order valence-electron chi connectivity index (χ2n) is 4.40. The Labute approximate surface area is 102 Å². The summed E-state index contributed by atoms with van der Waals surface area (Å²) in [6.45, 7) is 0.209. The lowest BCUT2D eigenvalue weighted by atomic mass is 10.1. The van der Waals surface area contributed by atoms with Gasteiger partial charge in [-0.1, -0.05) is 0 Å². The summed E-state index contributed by atoms with van der Waals surface area (Å²) in [6.07, 6.45) is 1.88. The molecule has 0 aromatic heterocycles. The standard InChI is InChI=1S/C12H13F3N2O/c13-7-3-8(14)11(9(15)4-7)12(18)17-10(5-16)6-1-2-6/h3-4,6,10H,1-2,5,16H2,(H,17,18). The van der Waals surface area contributed by atoms with Crippen molar-refractivity contribution in [2.75, 3.05) is 6.54 Å². The zero-order valence-corrected chi connectivity index (χ0v) is 9.55. The van der Waals surface area contributed by atoms with Crippen molar-refractivity contribution >= 4 is 5.91 Å². The van der Waals surface area contributed by atoms with Crippen molar-refractivity contribution in [1.29, 1.82) is 0 Å². The Kier molecular flexibility index (Phi) is 3.56. The van der Waals surface area contributed by atoms with Gasteiger partial charge in [-0.2, -0.15) is 0 Å². The van der Waals surface area contributed by atoms with Gasteiger partial charge in [0.25, 0.3) is 5.91 Å². The van der Waals surface area contributed by atoms with Crippen LogP contribution in [0.3, 0.4) is 0 Å². The molecular formula is C12H13F3N2O. The van der Waals surface area contributed by atoms with E-state index in [2.05, 4.69) is 5.32 Å². The summed E-state index contributed by atoms with van der Waals surface area (Å²) in [5.74, 6) is -4.11. The van der Waals surface area contributed by atoms with Crippen molar-refractivity contribution < 1.29 is 18.0 Å². The summed E-state index contributed by atoms with van der Waals surface area (Å²) in [5, 5.41) is 2.48. The molecule has 6 heteroatoms. The van der Waals surface area contributed by atoms with Crippen LogP contribution in [0.15, 0.2) is 12.1 Å². The molecule has 1 aliphatic rings. The van der Waals surface area contributed by atoms with Crippen molar-refractivity contribution in [3.63, 3.8) is 0 Å². The van der Waals surface area contributed by atoms with E-state index in [-0.39, 0.29) is 18.5 Å². The maximum Gasteiger partial charge on any atom is 0.257 e. The zero-order valence-electron chi connectivity index (χ0n) is 9.55. The number of carbonyl (C=O) groups excluding carboxylic acids is 1. The average molecular weight is 258 g/mol. The summed E-state index contributed by atoms with van der Waals surface area (Å²) in [6, 6.07) is 0.667. The summed E-state index contributed by atoms with van der Waals surface area (Å²) >= 11 is 0. The van der Waals surface area contributed by atoms with Crippen LogP contribution in [0, 0.1) is 23.4 Å². The molecule has 0 heterocycles. The van der Waals surface area contributed by atoms with Crippen molar-refractivity contribution in [3.05, 3.63) is 35.1 Å². The number of rotatable bonds is 4. The minimum Gasteiger partial charge on any atom is -0.348 e. The Morgan fingerprint density at radius 3 is 2.33 bits per heavy atom. The van der Waals surface area contributed by atoms with E-state index in [9.17, 15) is 18.0 Å². The topological polar surface area (TPSA) is 55.1 Å². The van der Waals surface area contributed by atoms with Gasteiger partial charge < -0.3 is 11.1 Å². The van der Waals surface area contributed by atoms with Gasteiger partial charge in [0, 0.05) is 24.7 Å². The van der Waals surface area contributed by atoms with Gasteiger partial charge in [-0.05, 0) is 18.8 Å². The smallest absolute Gasteiger partial charge is 0.257 e. The molecule has 3 nitrogen and oxygen atoms in total. The first-order chi connectivity index (χ1) is 8.52. The minimum absolute atomic E-state index is 0.209. The normalized spacial score (nSPS) is 16.4. The fourth-order valence-electron chi connectivity index (χ4n) is 1.87. The molecule has 0 saturated heterocycles. The average Bonchev–Trinajstić information content (AvgIpc) is 3.08. The highest BCUT2D eigenvalue weighted by molar-refractivity contribution is 5.95. The molecule has 1 aromatic rings. The highest BCUT2D eigenvalue weighted by Crippen LogP contribution is 2.32. The molecule has 0 radical (unpaired) electrons. The number of nitrogens with two attached hydrogens (primary N) is 1. The molecule has 1 aliphatic carbocycles. The quantitative estimate of drug-likeness (QED) is 0.861. The van der Waals surface area contributed by atoms with Crippen LogP contribution < -0.4 is 11.1 Å². The molecular weight excluding hydrogens is 245 g/mol. The van der Waals surface area contributed by atoms with Crippen LogP contribution in [0.4, 0.5) is 13.2 Å². The highest BCUT2D eigenvalue weighted by atomic mass is 19.1. The van der Waals surface area contributed by atoms with Crippen LogP contribution in [0.1, 0.15) is 23.2 Å². The summed E-state index contributed by atoms with van der Waals surface area (Å²) < 4.78 is 39.4. The number of amides is 1. The second kappa shape index (κ2) is 4.97. The van der Waals surface area contributed by atoms with Crippen molar-refractivity contribution in [2.45, 2.75) is 18.9 Å². The van der Waals surface area contributed by atoms with Crippen LogP contribution in [0.25, 0.3) is 0 Å². The predicted octanol–water partition coefficient (Wildman–Crippen LogP) is 1.57. The van der Waals surface area contributed by atoms with E-state index in [0.717, 1.165) is 12.8 Å². The van der Waals surface area contributed by atoms with Crippen molar-refractivity contribution in [3.8, 4) is 0 Å². The molecule has 1 atom stereocenters. The van der Waals surface area contributed by atoms with Gasteiger partial charge in [-0.3, -0.25) is 4.79 Å². The van der Waals surface area contributed by atoms with Crippen molar-refractivity contribution in [1.82, 2.24) is 5.32 Å². The number of halogens is 3. The van der Waals surface area contributed by atoms with Gasteiger partial charge in [0.15, 0.2) is 0 Å². The van der Waals surface area contributed by atoms with Gasteiger partial charge >= 0.3 is 0 Å². The van der Waals surface area contributed by atoms with Crippen LogP contribution in [0.5, 0.6) is 0 Å². The summed E-state index contributed by atoms with van der Waals surface area (Å²) in [4.78, 5) is 11.7. The van der Waals surface area contributed by atoms with Crippen LogP contribution >= 0.6 is 0 Å². The lowest BCUT2D eigenvalue weighted by molar-refractivity contribution is 0.0925. The lowest BCUT2D eigenvalue weighted by Crippen LogP contribution is -2.42. The Morgan fingerprint density at radius 1 is 1.33 bits per heavy atom. The summed E-state index contributed by atoms with van der Waals surface area (Å²) in [5.41, 5.74) is 4.71. The van der Waals surface area contributed by atoms with E-state index in [1.54, 1.807) is 0 Å². The first-order valence-electron chi connectivity index (χ1n) is 5.68. The molecule has 1 saturated carbocycles. The predicted molar refractivity (Wildman–Crippen MR) is 59.3 cm³/mol. The van der Waals surface area contributed by atoms with E-state index in [1.165, 1.54) is 0 Å². The van der Waals surface area contributed by atoms with Crippen LogP contribution in [0.2, 0.25) is 0 Å². The number of hydrogen-bond donors (Lipinski definition) is 2. The molecule has 1 unspecified atom stereocenters. The number of benzene rings is 1. The summed E-state index contributed by atoms with van der Waals surface area (Å²) in [7, 11) is 0. The molecule has 2 rings (SSSR count). The largest absolute Gasteiger partial charge is 0.348 e. The third-order valence-corrected chi connectivity index (χ3v) is 3.00. The molecule has 0 aliphatic heterocycles. The molecule has 18 heavy (non-hydrogen) atoms. The highest BCUT2D eigenvalue weighted by Gasteiger charge is 2.32. The van der Waals surface area contributed by atoms with E-state index < -0.39 is 28.9 Å². The SMILES string of the molecule is NCC(NC(=O)c1c(F)cc(F)cc1F)C1CC1. The van der Waals surface area contributed by atoms with Crippen LogP contribution in [-0.4, -0.2) is 18.5 Å². The number of nitrogens with one attached hydrogen (secondary N) is 1. The molecule has 0 spiro atoms. The molecule has 1 aromatic carbocycles. The van der Waals surface area contributed by atoms with E-state index in [0.29, 0.717) is 12.1 Å². The molecule has 1 amide bonds. The first-order valence-corrected chi connectivity index (χ1v) is 5.68. The minimum atomic E-state index is -1.21. The maximum absolute atomic E-state index is 13.4. The van der Waals surface area contributed by atoms with Crippen molar-refractivity contribution in [2.24, 2.45) is 11.7 Å². The fourth-order valence-corrected chi connectivity index (χ4v) is 1.87. The Bertz CT molecular complexity index is 451. The van der Waals surface area contributed by atoms with Gasteiger partial charge in [-0.15, -0.1) is 0 Å². The van der Waals surface area contributed by atoms with Gasteiger partial charge in [0.05, 0.1) is 0 Å². The third-order valence-electron chi connectivity index (χ3n) is 3.00. The number of carbonyl (C=O) groups is 1. The Hall–Kier alpha value is -1.56. The van der Waals surface area contributed by atoms with Gasteiger partial charge in [0.2, 0.25) is 0 Å². The Morgan fingerprint density at radius 2 is 1.89 bits per heavy atom. The lowest BCUT2D eigenvalue weighted by Gasteiger charge is -2.16. The maximum atomic E-state index is 13.4. The van der Waals surface area contributed by atoms with E-state index in [1.807, 2.05) is 0 Å². The third kappa shape index (κ3) is 2.64. The van der Waals surface area contributed by atoms with Gasteiger partial charge in [-0.25, -0.2) is 13.2 Å². The molecule has 1 fully saturated rings. The molecule has 3 N–H and O–H groups in total. The first kappa shape index (κ1) is 12.9. The van der Waals surface area contributed by atoms with E-state index in [4.69, 9.17) is 5.73 Å². The fraction of sp³-hybridized carbons (Fsp3) is 0.417. The molecule has 0 bridgehead atoms. The monoisotopic (exact) mass is 258 g/mol. The van der Waals surface area contributed by atoms with E-state index >= 15 is 0 Å². The van der Waals surface area contributed by atoms with Crippen LogP contribution in [-0.2, 0) is 0 Å². The molecule has 98 valence electrons. The Balaban J connectivity index is 2.17. The van der Waals surface area contributed by atoms with Gasteiger partial charge in [0.1, 0.15) is 23.0 Å².